The van der Waals surface area contributed by atoms with E-state index in [2.05, 4.69) is 38.3 Å². The van der Waals surface area contributed by atoms with Crippen LogP contribution < -0.4 is 10.6 Å². The lowest BCUT2D eigenvalue weighted by Crippen LogP contribution is -2.46. The predicted octanol–water partition coefficient (Wildman–Crippen LogP) is 7.76. The summed E-state index contributed by atoms with van der Waals surface area (Å²) in [6.07, 6.45) is 7.97. The van der Waals surface area contributed by atoms with Gasteiger partial charge in [-0.2, -0.15) is 0 Å². The minimum Gasteiger partial charge on any atom is -0.464 e. The molecule has 0 heterocycles. The number of benzene rings is 2. The molecule has 8 nitrogen and oxygen atoms in total. The number of rotatable bonds is 14. The molecule has 0 aliphatic heterocycles. The molecule has 4 rings (SSSR count). The fraction of sp³-hybridized carbons (Fsp3) is 0.619. The fourth-order valence-corrected chi connectivity index (χ4v) is 7.29. The normalized spacial score (nSPS) is 21.3. The average molecular weight is 727 g/mol. The van der Waals surface area contributed by atoms with Crippen molar-refractivity contribution >= 4 is 23.8 Å². The summed E-state index contributed by atoms with van der Waals surface area (Å²) in [6.45, 7) is 12.8. The van der Waals surface area contributed by atoms with Crippen molar-refractivity contribution in [3.05, 3.63) is 71.3 Å². The highest BCUT2D eigenvalue weighted by atomic mass is 19.1. The second-order valence-electron chi connectivity index (χ2n) is 15.0. The van der Waals surface area contributed by atoms with Gasteiger partial charge < -0.3 is 20.1 Å². The Bertz CT molecular complexity index is 1420. The number of hydrogen-bond acceptors (Lipinski definition) is 6. The Balaban J connectivity index is 0.000000280. The molecule has 10 heteroatoms. The van der Waals surface area contributed by atoms with Crippen molar-refractivity contribution in [3.8, 4) is 0 Å². The molecule has 2 N–H and O–H groups in total. The van der Waals surface area contributed by atoms with Crippen LogP contribution in [-0.4, -0.2) is 49.1 Å². The molecule has 52 heavy (non-hydrogen) atoms. The maximum absolute atomic E-state index is 13.9. The van der Waals surface area contributed by atoms with Crippen LogP contribution in [0, 0.1) is 47.1 Å². The number of ether oxygens (including phenoxy) is 2. The Morgan fingerprint density at radius 2 is 1.06 bits per heavy atom. The molecule has 2 fully saturated rings. The number of esters is 2. The molecular weight excluding hydrogens is 666 g/mol. The quantitative estimate of drug-likeness (QED) is 0.193. The van der Waals surface area contributed by atoms with E-state index in [4.69, 9.17) is 9.47 Å². The Morgan fingerprint density at radius 1 is 0.635 bits per heavy atom. The molecule has 2 atom stereocenters. The van der Waals surface area contributed by atoms with Crippen molar-refractivity contribution in [1.29, 1.82) is 0 Å². The van der Waals surface area contributed by atoms with Gasteiger partial charge in [0.1, 0.15) is 23.7 Å². The first kappa shape index (κ1) is 42.6. The maximum atomic E-state index is 13.9. The molecule has 2 aromatic rings. The maximum Gasteiger partial charge on any atom is 0.328 e. The topological polar surface area (TPSA) is 111 Å². The first-order chi connectivity index (χ1) is 24.8. The molecular formula is C42H60F2N2O6. The van der Waals surface area contributed by atoms with Gasteiger partial charge in [-0.3, -0.25) is 9.59 Å². The van der Waals surface area contributed by atoms with Crippen LogP contribution in [0.4, 0.5) is 8.78 Å². The van der Waals surface area contributed by atoms with Crippen LogP contribution in [-0.2, 0) is 41.5 Å². The summed E-state index contributed by atoms with van der Waals surface area (Å²) >= 11 is 0. The molecule has 0 radical (unpaired) electrons. The summed E-state index contributed by atoms with van der Waals surface area (Å²) in [6, 6.07) is 10.7. The molecule has 0 spiro atoms. The highest BCUT2D eigenvalue weighted by Gasteiger charge is 2.32. The summed E-state index contributed by atoms with van der Waals surface area (Å²) < 4.78 is 37.2. The molecule has 288 valence electrons. The second-order valence-corrected chi connectivity index (χ2v) is 15.0. The first-order valence-corrected chi connectivity index (χ1v) is 19.2. The SMILES string of the molecule is CCOC(=O)[C@@H](Cc1ccc(F)cc1)NC(=O)C1CCC(C(C)C)CC1.CCOC(=O)[C@@H](Cc1ccccc1F)NC(=O)C1CCC(C(C)C)CC1. The summed E-state index contributed by atoms with van der Waals surface area (Å²) in [5.74, 6) is 0.628. The van der Waals surface area contributed by atoms with Crippen LogP contribution in [0.5, 0.6) is 0 Å². The van der Waals surface area contributed by atoms with Gasteiger partial charge in [-0.05, 0) is 118 Å². The molecule has 2 aliphatic rings. The predicted molar refractivity (Wildman–Crippen MR) is 198 cm³/mol. The van der Waals surface area contributed by atoms with Crippen molar-refractivity contribution < 1.29 is 37.4 Å². The van der Waals surface area contributed by atoms with Crippen molar-refractivity contribution in [2.45, 2.75) is 118 Å². The van der Waals surface area contributed by atoms with Gasteiger partial charge in [0, 0.05) is 24.7 Å². The highest BCUT2D eigenvalue weighted by molar-refractivity contribution is 5.86. The van der Waals surface area contributed by atoms with E-state index >= 15 is 0 Å². The van der Waals surface area contributed by atoms with Crippen LogP contribution in [0.15, 0.2) is 48.5 Å². The summed E-state index contributed by atoms with van der Waals surface area (Å²) in [7, 11) is 0. The first-order valence-electron chi connectivity index (χ1n) is 19.2. The second kappa shape index (κ2) is 21.6. The van der Waals surface area contributed by atoms with Crippen LogP contribution >= 0.6 is 0 Å². The van der Waals surface area contributed by atoms with E-state index in [0.717, 1.165) is 56.9 Å². The van der Waals surface area contributed by atoms with Crippen molar-refractivity contribution in [2.24, 2.45) is 35.5 Å². The Morgan fingerprint density at radius 3 is 1.46 bits per heavy atom. The van der Waals surface area contributed by atoms with E-state index in [9.17, 15) is 28.0 Å². The van der Waals surface area contributed by atoms with Gasteiger partial charge in [-0.1, -0.05) is 58.0 Å². The van der Waals surface area contributed by atoms with E-state index in [1.165, 1.54) is 18.2 Å². The Hall–Kier alpha value is -3.82. The number of carbonyl (C=O) groups is 4. The zero-order valence-corrected chi connectivity index (χ0v) is 31.9. The third-order valence-electron chi connectivity index (χ3n) is 10.7. The van der Waals surface area contributed by atoms with E-state index < -0.39 is 24.0 Å². The monoisotopic (exact) mass is 726 g/mol. The van der Waals surface area contributed by atoms with Gasteiger partial charge in [-0.15, -0.1) is 0 Å². The van der Waals surface area contributed by atoms with Crippen molar-refractivity contribution in [1.82, 2.24) is 10.6 Å². The van der Waals surface area contributed by atoms with Gasteiger partial charge >= 0.3 is 11.9 Å². The van der Waals surface area contributed by atoms with Gasteiger partial charge in [0.25, 0.3) is 0 Å². The minimum atomic E-state index is -0.859. The standard InChI is InChI=1S/2C21H30FNO3/c1-4-26-21(25)19(13-15-5-11-18(22)12-6-15)23-20(24)17-9-7-16(8-10-17)14(2)3;1-4-26-21(25)19(13-17-7-5-6-8-18(17)22)23-20(24)16-11-9-15(10-12-16)14(2)3/h5-6,11-12,14,16-17,19H,4,7-10,13H2,1-3H3,(H,23,24);5-8,14-16,19H,4,9-13H2,1-3H3,(H,23,24)/t16?,17?,19-;15?,16?,19-/m11/s1. The largest absolute Gasteiger partial charge is 0.464 e. The van der Waals surface area contributed by atoms with E-state index in [1.807, 2.05) is 0 Å². The Kier molecular flexibility index (Phi) is 17.7. The van der Waals surface area contributed by atoms with E-state index in [1.54, 1.807) is 44.2 Å². The summed E-state index contributed by atoms with van der Waals surface area (Å²) in [4.78, 5) is 49.8. The summed E-state index contributed by atoms with van der Waals surface area (Å²) in [5, 5.41) is 5.68. The molecule has 0 saturated heterocycles. The lowest BCUT2D eigenvalue weighted by atomic mass is 9.76. The lowest BCUT2D eigenvalue weighted by Gasteiger charge is -2.31. The molecule has 2 aromatic carbocycles. The van der Waals surface area contributed by atoms with Crippen molar-refractivity contribution in [2.75, 3.05) is 13.2 Å². The third-order valence-corrected chi connectivity index (χ3v) is 10.7. The van der Waals surface area contributed by atoms with Crippen LogP contribution in [0.25, 0.3) is 0 Å². The fourth-order valence-electron chi connectivity index (χ4n) is 7.29. The molecule has 0 bridgehead atoms. The number of hydrogen-bond donors (Lipinski definition) is 2. The van der Waals surface area contributed by atoms with E-state index in [-0.39, 0.29) is 54.9 Å². The highest BCUT2D eigenvalue weighted by Crippen LogP contribution is 2.34. The van der Waals surface area contributed by atoms with Crippen LogP contribution in [0.2, 0.25) is 0 Å². The van der Waals surface area contributed by atoms with Gasteiger partial charge in [0.2, 0.25) is 11.8 Å². The van der Waals surface area contributed by atoms with Gasteiger partial charge in [0.05, 0.1) is 13.2 Å². The van der Waals surface area contributed by atoms with E-state index in [0.29, 0.717) is 35.7 Å². The van der Waals surface area contributed by atoms with Crippen LogP contribution in [0.3, 0.4) is 0 Å². The molecule has 2 saturated carbocycles. The lowest BCUT2D eigenvalue weighted by molar-refractivity contribution is -0.148. The smallest absolute Gasteiger partial charge is 0.328 e. The van der Waals surface area contributed by atoms with Crippen LogP contribution in [0.1, 0.15) is 104 Å². The van der Waals surface area contributed by atoms with Crippen molar-refractivity contribution in [3.63, 3.8) is 0 Å². The third kappa shape index (κ3) is 13.6. The zero-order valence-electron chi connectivity index (χ0n) is 31.9. The minimum absolute atomic E-state index is 0.0462. The number of halogens is 2. The number of nitrogens with one attached hydrogen (secondary N) is 2. The van der Waals surface area contributed by atoms with Gasteiger partial charge in [0.15, 0.2) is 0 Å². The van der Waals surface area contributed by atoms with Gasteiger partial charge in [-0.25, -0.2) is 18.4 Å². The molecule has 0 unspecified atom stereocenters. The molecule has 2 aliphatic carbocycles. The molecule has 0 aromatic heterocycles. The number of amides is 2. The molecule has 2 amide bonds. The summed E-state index contributed by atoms with van der Waals surface area (Å²) in [5.41, 5.74) is 1.18. The Labute approximate surface area is 309 Å². The zero-order chi connectivity index (χ0) is 38.2. The number of carbonyl (C=O) groups excluding carboxylic acids is 4. The average Bonchev–Trinajstić information content (AvgIpc) is 3.13.